The Bertz CT molecular complexity index is 944. The van der Waals surface area contributed by atoms with E-state index in [1.54, 1.807) is 21.1 Å². The molecule has 0 spiro atoms. The van der Waals surface area contributed by atoms with Crippen LogP contribution in [0.15, 0.2) is 30.5 Å². The Labute approximate surface area is 183 Å². The number of aromatic amines is 1. The van der Waals surface area contributed by atoms with Crippen molar-refractivity contribution in [1.82, 2.24) is 25.8 Å². The lowest BCUT2D eigenvalue weighted by Crippen LogP contribution is -2.58. The molecule has 0 saturated carbocycles. The first-order chi connectivity index (χ1) is 15.0. The summed E-state index contributed by atoms with van der Waals surface area (Å²) in [6.07, 6.45) is 2.55. The third-order valence-electron chi connectivity index (χ3n) is 7.00. The number of H-pyrrole nitrogens is 1. The number of nitrogens with zero attached hydrogens (tertiary/aromatic N) is 1. The molecule has 1 aromatic heterocycles. The maximum absolute atomic E-state index is 13.7. The van der Waals surface area contributed by atoms with Gasteiger partial charge in [-0.05, 0) is 38.9 Å². The van der Waals surface area contributed by atoms with Crippen molar-refractivity contribution in [1.29, 1.82) is 0 Å². The summed E-state index contributed by atoms with van der Waals surface area (Å²) in [5, 5.41) is 10.7. The summed E-state index contributed by atoms with van der Waals surface area (Å²) in [7, 11) is 3.29. The van der Waals surface area contributed by atoms with Crippen LogP contribution in [0.3, 0.4) is 0 Å². The van der Waals surface area contributed by atoms with Crippen molar-refractivity contribution in [3.05, 3.63) is 36.0 Å². The highest BCUT2D eigenvalue weighted by atomic mass is 16.5. The highest BCUT2D eigenvalue weighted by Gasteiger charge is 2.49. The topological polar surface area (TPSA) is 98.5 Å². The van der Waals surface area contributed by atoms with Crippen LogP contribution in [0, 0.1) is 0 Å². The maximum atomic E-state index is 13.7. The summed E-state index contributed by atoms with van der Waals surface area (Å²) in [4.78, 5) is 31.6. The molecule has 31 heavy (non-hydrogen) atoms. The van der Waals surface area contributed by atoms with E-state index in [4.69, 9.17) is 4.74 Å². The number of amides is 2. The zero-order valence-corrected chi connectivity index (χ0v) is 18.6. The van der Waals surface area contributed by atoms with Crippen LogP contribution in [0.5, 0.6) is 0 Å². The van der Waals surface area contributed by atoms with Crippen molar-refractivity contribution in [2.75, 3.05) is 27.2 Å². The zero-order valence-electron chi connectivity index (χ0n) is 18.6. The van der Waals surface area contributed by atoms with Gasteiger partial charge < -0.3 is 30.6 Å². The van der Waals surface area contributed by atoms with Crippen LogP contribution in [0.4, 0.5) is 0 Å². The molecule has 2 amide bonds. The molecule has 1 aromatic carbocycles. The molecule has 3 heterocycles. The van der Waals surface area contributed by atoms with E-state index in [2.05, 4.69) is 39.3 Å². The lowest BCUT2D eigenvalue weighted by atomic mass is 9.91. The summed E-state index contributed by atoms with van der Waals surface area (Å²) < 4.78 is 5.47. The van der Waals surface area contributed by atoms with Gasteiger partial charge in [-0.1, -0.05) is 18.2 Å². The number of ether oxygens (including phenoxy) is 1. The lowest BCUT2D eigenvalue weighted by Gasteiger charge is -2.34. The van der Waals surface area contributed by atoms with E-state index in [0.29, 0.717) is 6.54 Å². The van der Waals surface area contributed by atoms with Crippen LogP contribution >= 0.6 is 0 Å². The molecule has 0 aliphatic carbocycles. The van der Waals surface area contributed by atoms with Crippen molar-refractivity contribution in [2.24, 2.45) is 0 Å². The molecule has 8 nitrogen and oxygen atoms in total. The summed E-state index contributed by atoms with van der Waals surface area (Å²) in [5.74, 6) is -0.0942. The van der Waals surface area contributed by atoms with Gasteiger partial charge in [-0.2, -0.15) is 0 Å². The van der Waals surface area contributed by atoms with Crippen molar-refractivity contribution >= 4 is 22.7 Å². The average Bonchev–Trinajstić information content (AvgIpc) is 3.50. The maximum Gasteiger partial charge on any atom is 0.248 e. The van der Waals surface area contributed by atoms with Crippen molar-refractivity contribution in [3.8, 4) is 0 Å². The van der Waals surface area contributed by atoms with E-state index in [1.165, 1.54) is 10.9 Å². The Kier molecular flexibility index (Phi) is 6.31. The van der Waals surface area contributed by atoms with Gasteiger partial charge in [0.1, 0.15) is 6.04 Å². The summed E-state index contributed by atoms with van der Waals surface area (Å²) in [6.45, 7) is 5.09. The molecule has 2 aromatic rings. The van der Waals surface area contributed by atoms with E-state index in [9.17, 15) is 9.59 Å². The summed E-state index contributed by atoms with van der Waals surface area (Å²) in [5.41, 5.74) is 2.34. The first kappa shape index (κ1) is 21.8. The quantitative estimate of drug-likeness (QED) is 0.528. The van der Waals surface area contributed by atoms with Crippen LogP contribution < -0.4 is 16.0 Å². The number of benzene rings is 1. The second-order valence-electron chi connectivity index (χ2n) is 8.66. The molecule has 8 heteroatoms. The molecule has 6 atom stereocenters. The number of rotatable bonds is 7. The van der Waals surface area contributed by atoms with E-state index < -0.39 is 18.2 Å². The Balaban J connectivity index is 1.60. The molecule has 0 bridgehead atoms. The first-order valence-corrected chi connectivity index (χ1v) is 11.1. The van der Waals surface area contributed by atoms with Gasteiger partial charge in [0.15, 0.2) is 0 Å². The number of carbonyl (C=O) groups excluding carboxylic acids is 2. The highest BCUT2D eigenvalue weighted by Crippen LogP contribution is 2.39. The van der Waals surface area contributed by atoms with Gasteiger partial charge in [0, 0.05) is 49.3 Å². The number of nitrogens with one attached hydrogen (secondary N) is 4. The molecular weight excluding hydrogens is 394 g/mol. The molecule has 1 unspecified atom stereocenters. The largest absolute Gasteiger partial charge is 0.379 e. The number of fused-ring (bicyclic) bond motifs is 2. The Morgan fingerprint density at radius 1 is 1.26 bits per heavy atom. The minimum absolute atomic E-state index is 0.0527. The molecule has 2 saturated heterocycles. The van der Waals surface area contributed by atoms with Gasteiger partial charge in [-0.3, -0.25) is 9.59 Å². The van der Waals surface area contributed by atoms with Gasteiger partial charge in [-0.25, -0.2) is 0 Å². The number of aromatic nitrogens is 1. The zero-order chi connectivity index (χ0) is 22.1. The molecule has 2 fully saturated rings. The third kappa shape index (κ3) is 3.95. The molecule has 4 rings (SSSR count). The second kappa shape index (κ2) is 8.98. The number of para-hydroxylation sites is 1. The SMILES string of the molecule is CN[C@@H](C)C(=O)N[C@H](C(=O)N1CC[C@H]2NC[C@H](c3c[nH]c4ccccc34)[C@H]21)C(C)OC. The van der Waals surface area contributed by atoms with Gasteiger partial charge in [-0.15, -0.1) is 0 Å². The highest BCUT2D eigenvalue weighted by molar-refractivity contribution is 5.91. The molecular formula is C23H33N5O3. The predicted octanol–water partition coefficient (Wildman–Crippen LogP) is 0.952. The molecule has 0 radical (unpaired) electrons. The minimum atomic E-state index is -0.726. The Morgan fingerprint density at radius 3 is 2.77 bits per heavy atom. The molecule has 2 aliphatic rings. The van der Waals surface area contributed by atoms with Gasteiger partial charge in [0.05, 0.1) is 18.2 Å². The number of hydrogen-bond acceptors (Lipinski definition) is 5. The van der Waals surface area contributed by atoms with Gasteiger partial charge in [0.2, 0.25) is 11.8 Å². The first-order valence-electron chi connectivity index (χ1n) is 11.1. The molecule has 168 valence electrons. The standard InChI is InChI=1S/C23H33N5O3/c1-13(24-3)22(29)27-20(14(2)31-4)23(30)28-10-9-19-21(28)17(12-26-19)16-11-25-18-8-6-5-7-15(16)18/h5-8,11,13-14,17,19-21,24-26H,9-10,12H2,1-4H3,(H,27,29)/t13-,14?,17+,19+,20-,21+/m0/s1. The van der Waals surface area contributed by atoms with Gasteiger partial charge >= 0.3 is 0 Å². The van der Waals surface area contributed by atoms with Crippen molar-refractivity contribution in [2.45, 2.75) is 56.5 Å². The number of carbonyl (C=O) groups is 2. The van der Waals surface area contributed by atoms with Crippen molar-refractivity contribution in [3.63, 3.8) is 0 Å². The van der Waals surface area contributed by atoms with Gasteiger partial charge in [0.25, 0.3) is 0 Å². The number of hydrogen-bond donors (Lipinski definition) is 4. The van der Waals surface area contributed by atoms with Crippen LogP contribution in [0.2, 0.25) is 0 Å². The van der Waals surface area contributed by atoms with E-state index >= 15 is 0 Å². The van der Waals surface area contributed by atoms with Crippen LogP contribution in [0.1, 0.15) is 31.7 Å². The fourth-order valence-corrected chi connectivity index (χ4v) is 4.99. The monoisotopic (exact) mass is 427 g/mol. The number of likely N-dealkylation sites (tertiary alicyclic amines) is 1. The van der Waals surface area contributed by atoms with E-state index in [0.717, 1.165) is 18.5 Å². The van der Waals surface area contributed by atoms with E-state index in [-0.39, 0.29) is 29.8 Å². The third-order valence-corrected chi connectivity index (χ3v) is 7.00. The smallest absolute Gasteiger partial charge is 0.248 e. The number of likely N-dealkylation sites (N-methyl/N-ethyl adjacent to an activating group) is 1. The van der Waals surface area contributed by atoms with Crippen LogP contribution in [0.25, 0.3) is 10.9 Å². The minimum Gasteiger partial charge on any atom is -0.379 e. The predicted molar refractivity (Wildman–Crippen MR) is 120 cm³/mol. The van der Waals surface area contributed by atoms with Crippen LogP contribution in [-0.4, -0.2) is 79.2 Å². The van der Waals surface area contributed by atoms with Crippen LogP contribution in [-0.2, 0) is 14.3 Å². The lowest BCUT2D eigenvalue weighted by molar-refractivity contribution is -0.141. The molecule has 2 aliphatic heterocycles. The second-order valence-corrected chi connectivity index (χ2v) is 8.66. The fourth-order valence-electron chi connectivity index (χ4n) is 4.99. The Hall–Kier alpha value is -2.42. The summed E-state index contributed by atoms with van der Waals surface area (Å²) >= 11 is 0. The van der Waals surface area contributed by atoms with E-state index in [1.807, 2.05) is 24.0 Å². The normalized spacial score (nSPS) is 25.9. The Morgan fingerprint density at radius 2 is 2.03 bits per heavy atom. The van der Waals surface area contributed by atoms with Crippen molar-refractivity contribution < 1.29 is 14.3 Å². The average molecular weight is 428 g/mol. The fraction of sp³-hybridized carbons (Fsp3) is 0.565. The number of methoxy groups -OCH3 is 1. The summed E-state index contributed by atoms with van der Waals surface area (Å²) in [6, 6.07) is 7.47. The molecule has 4 N–H and O–H groups in total.